The molecule has 1 fully saturated rings. The summed E-state index contributed by atoms with van der Waals surface area (Å²) in [4.78, 5) is 28.0. The van der Waals surface area contributed by atoms with Gasteiger partial charge in [0.25, 0.3) is 5.91 Å². The van der Waals surface area contributed by atoms with Gasteiger partial charge in [-0.05, 0) is 31.2 Å². The molecule has 20 heavy (non-hydrogen) atoms. The highest BCUT2D eigenvalue weighted by Gasteiger charge is 2.31. The molecule has 0 saturated carbocycles. The lowest BCUT2D eigenvalue weighted by molar-refractivity contribution is -0.137. The minimum absolute atomic E-state index is 0.0484. The molecule has 1 aromatic heterocycles. The van der Waals surface area contributed by atoms with E-state index >= 15 is 0 Å². The zero-order valence-electron chi connectivity index (χ0n) is 11.8. The number of rotatable bonds is 3. The molecule has 1 aliphatic rings. The predicted molar refractivity (Wildman–Crippen MR) is 77.7 cm³/mol. The lowest BCUT2D eigenvalue weighted by Crippen LogP contribution is -2.51. The van der Waals surface area contributed by atoms with E-state index in [0.717, 1.165) is 6.42 Å². The summed E-state index contributed by atoms with van der Waals surface area (Å²) in [7, 11) is 1.63. The molecule has 2 amide bonds. The van der Waals surface area contributed by atoms with E-state index in [1.807, 2.05) is 11.4 Å². The van der Waals surface area contributed by atoms with E-state index in [1.165, 1.54) is 16.2 Å². The fourth-order valence-corrected chi connectivity index (χ4v) is 3.11. The lowest BCUT2D eigenvalue weighted by Gasteiger charge is -2.37. The number of nitrogens with zero attached hydrogens (tertiary/aromatic N) is 2. The van der Waals surface area contributed by atoms with Crippen LogP contribution in [0.4, 0.5) is 0 Å². The molecule has 1 saturated heterocycles. The van der Waals surface area contributed by atoms with E-state index in [-0.39, 0.29) is 18.4 Å². The highest BCUT2D eigenvalue weighted by Crippen LogP contribution is 2.20. The van der Waals surface area contributed by atoms with Gasteiger partial charge in [0.2, 0.25) is 5.91 Å². The van der Waals surface area contributed by atoms with E-state index in [1.54, 1.807) is 24.9 Å². The number of carbonyl (C=O) groups excluding carboxylic acids is 2. The van der Waals surface area contributed by atoms with Crippen LogP contribution in [0.2, 0.25) is 0 Å². The first-order chi connectivity index (χ1) is 9.39. The molecule has 1 N–H and O–H groups in total. The van der Waals surface area contributed by atoms with Gasteiger partial charge in [0.1, 0.15) is 0 Å². The third-order valence-corrected chi connectivity index (χ3v) is 4.34. The van der Waals surface area contributed by atoms with Crippen LogP contribution in [0.25, 0.3) is 0 Å². The third kappa shape index (κ3) is 3.58. The Bertz CT molecular complexity index is 485. The fraction of sp³-hybridized carbons (Fsp3) is 0.571. The maximum Gasteiger partial charge on any atom is 0.264 e. The Labute approximate surface area is 122 Å². The van der Waals surface area contributed by atoms with E-state index < -0.39 is 5.60 Å². The highest BCUT2D eigenvalue weighted by molar-refractivity contribution is 7.12. The first-order valence-electron chi connectivity index (χ1n) is 6.68. The standard InChI is InChI=1S/C14H20N2O3S/c1-14(19)6-4-7-16(10-14)12(17)9-15(2)13(18)11-5-3-8-20-11/h3,5,8,19H,4,6-7,9-10H2,1-2H3. The van der Waals surface area contributed by atoms with Crippen LogP contribution in [0.3, 0.4) is 0 Å². The van der Waals surface area contributed by atoms with Gasteiger partial charge in [-0.25, -0.2) is 0 Å². The summed E-state index contributed by atoms with van der Waals surface area (Å²) in [6, 6.07) is 3.56. The summed E-state index contributed by atoms with van der Waals surface area (Å²) in [5.74, 6) is -0.255. The molecule has 0 radical (unpaired) electrons. The molecular weight excluding hydrogens is 276 g/mol. The Hall–Kier alpha value is -1.40. The zero-order chi connectivity index (χ0) is 14.8. The van der Waals surface area contributed by atoms with Gasteiger partial charge in [0.15, 0.2) is 0 Å². The number of hydrogen-bond donors (Lipinski definition) is 1. The van der Waals surface area contributed by atoms with Crippen molar-refractivity contribution in [3.05, 3.63) is 22.4 Å². The predicted octanol–water partition coefficient (Wildman–Crippen LogP) is 1.19. The molecule has 0 aliphatic carbocycles. The van der Waals surface area contributed by atoms with Crippen molar-refractivity contribution in [2.45, 2.75) is 25.4 Å². The van der Waals surface area contributed by atoms with Crippen LogP contribution in [-0.4, -0.2) is 59.0 Å². The quantitative estimate of drug-likeness (QED) is 0.911. The summed E-state index contributed by atoms with van der Waals surface area (Å²) in [6.45, 7) is 2.78. The van der Waals surface area contributed by atoms with Gasteiger partial charge in [0, 0.05) is 20.1 Å². The maximum atomic E-state index is 12.2. The molecule has 2 rings (SSSR count). The fourth-order valence-electron chi connectivity index (χ4n) is 2.40. The largest absolute Gasteiger partial charge is 0.388 e. The molecule has 0 bridgehead atoms. The SMILES string of the molecule is CN(CC(=O)N1CCCC(C)(O)C1)C(=O)c1cccs1. The number of hydrogen-bond acceptors (Lipinski definition) is 4. The van der Waals surface area contributed by atoms with Crippen molar-refractivity contribution in [1.82, 2.24) is 9.80 Å². The van der Waals surface area contributed by atoms with Crippen LogP contribution in [0.5, 0.6) is 0 Å². The highest BCUT2D eigenvalue weighted by atomic mass is 32.1. The monoisotopic (exact) mass is 296 g/mol. The molecule has 1 aromatic rings. The van der Waals surface area contributed by atoms with Crippen LogP contribution in [-0.2, 0) is 4.79 Å². The van der Waals surface area contributed by atoms with Crippen molar-refractivity contribution in [1.29, 1.82) is 0 Å². The van der Waals surface area contributed by atoms with E-state index in [9.17, 15) is 14.7 Å². The molecule has 2 heterocycles. The van der Waals surface area contributed by atoms with Crippen LogP contribution < -0.4 is 0 Å². The molecule has 5 nitrogen and oxygen atoms in total. The molecule has 1 atom stereocenters. The summed E-state index contributed by atoms with van der Waals surface area (Å²) in [5.41, 5.74) is -0.815. The smallest absolute Gasteiger partial charge is 0.264 e. The summed E-state index contributed by atoms with van der Waals surface area (Å²) in [5, 5.41) is 11.9. The first kappa shape index (κ1) is 15.0. The van der Waals surface area contributed by atoms with Crippen LogP contribution in [0, 0.1) is 0 Å². The second-order valence-electron chi connectivity index (χ2n) is 5.55. The van der Waals surface area contributed by atoms with Crippen molar-refractivity contribution in [3.63, 3.8) is 0 Å². The van der Waals surface area contributed by atoms with E-state index in [4.69, 9.17) is 0 Å². The number of likely N-dealkylation sites (N-methyl/N-ethyl adjacent to an activating group) is 1. The number of β-amino-alcohol motifs (C(OH)–C–C–N with tert-alkyl or cyclic N) is 1. The molecule has 0 spiro atoms. The van der Waals surface area contributed by atoms with Crippen LogP contribution in [0.15, 0.2) is 17.5 Å². The van der Waals surface area contributed by atoms with Gasteiger partial charge in [-0.15, -0.1) is 11.3 Å². The Morgan fingerprint density at radius 1 is 1.55 bits per heavy atom. The summed E-state index contributed by atoms with van der Waals surface area (Å²) < 4.78 is 0. The minimum Gasteiger partial charge on any atom is -0.388 e. The minimum atomic E-state index is -0.815. The first-order valence-corrected chi connectivity index (χ1v) is 7.56. The number of amides is 2. The Morgan fingerprint density at radius 3 is 2.90 bits per heavy atom. The van der Waals surface area contributed by atoms with Gasteiger partial charge < -0.3 is 14.9 Å². The van der Waals surface area contributed by atoms with Gasteiger partial charge in [-0.2, -0.15) is 0 Å². The number of likely N-dealkylation sites (tertiary alicyclic amines) is 1. The summed E-state index contributed by atoms with van der Waals surface area (Å²) >= 11 is 1.37. The third-order valence-electron chi connectivity index (χ3n) is 3.48. The average molecular weight is 296 g/mol. The molecular formula is C14H20N2O3S. The summed E-state index contributed by atoms with van der Waals surface area (Å²) in [6.07, 6.45) is 1.50. The van der Waals surface area contributed by atoms with Crippen molar-refractivity contribution >= 4 is 23.2 Å². The number of piperidine rings is 1. The number of aliphatic hydroxyl groups is 1. The van der Waals surface area contributed by atoms with Crippen molar-refractivity contribution in [3.8, 4) is 0 Å². The van der Waals surface area contributed by atoms with Crippen LogP contribution >= 0.6 is 11.3 Å². The molecule has 6 heteroatoms. The van der Waals surface area contributed by atoms with E-state index in [2.05, 4.69) is 0 Å². The molecule has 0 aromatic carbocycles. The Morgan fingerprint density at radius 2 is 2.30 bits per heavy atom. The average Bonchev–Trinajstić information content (AvgIpc) is 2.90. The Kier molecular flexibility index (Phi) is 4.45. The molecule has 110 valence electrons. The second kappa shape index (κ2) is 5.93. The van der Waals surface area contributed by atoms with Crippen molar-refractivity contribution in [2.24, 2.45) is 0 Å². The van der Waals surface area contributed by atoms with Crippen LogP contribution in [0.1, 0.15) is 29.4 Å². The van der Waals surface area contributed by atoms with E-state index in [0.29, 0.717) is 24.4 Å². The number of carbonyl (C=O) groups is 2. The lowest BCUT2D eigenvalue weighted by atomic mass is 9.95. The maximum absolute atomic E-state index is 12.2. The molecule has 1 unspecified atom stereocenters. The van der Waals surface area contributed by atoms with Crippen molar-refractivity contribution < 1.29 is 14.7 Å². The number of thiophene rings is 1. The molecule has 1 aliphatic heterocycles. The van der Waals surface area contributed by atoms with Gasteiger partial charge in [-0.3, -0.25) is 9.59 Å². The topological polar surface area (TPSA) is 60.9 Å². The van der Waals surface area contributed by atoms with Gasteiger partial charge >= 0.3 is 0 Å². The second-order valence-corrected chi connectivity index (χ2v) is 6.50. The van der Waals surface area contributed by atoms with Gasteiger partial charge in [0.05, 0.1) is 17.0 Å². The van der Waals surface area contributed by atoms with Gasteiger partial charge in [-0.1, -0.05) is 6.07 Å². The van der Waals surface area contributed by atoms with Crippen molar-refractivity contribution in [2.75, 3.05) is 26.7 Å². The normalized spacial score (nSPS) is 22.6. The zero-order valence-corrected chi connectivity index (χ0v) is 12.7. The Balaban J connectivity index is 1.92.